The number of benzene rings is 1. The summed E-state index contributed by atoms with van der Waals surface area (Å²) in [7, 11) is 0. The zero-order valence-corrected chi connectivity index (χ0v) is 15.5. The lowest BCUT2D eigenvalue weighted by Crippen LogP contribution is -2.44. The topological polar surface area (TPSA) is 32.3 Å². The van der Waals surface area contributed by atoms with Crippen molar-refractivity contribution in [3.8, 4) is 10.4 Å². The minimum Gasteiger partial charge on any atom is -0.350 e. The van der Waals surface area contributed by atoms with Crippen LogP contribution in [0.25, 0.3) is 16.5 Å². The molecule has 5 heteroatoms. The van der Waals surface area contributed by atoms with Gasteiger partial charge in [-0.1, -0.05) is 12.1 Å². The number of nitrogens with zero attached hydrogens (tertiary/aromatic N) is 1. The molecule has 1 aromatic carbocycles. The van der Waals surface area contributed by atoms with Gasteiger partial charge in [-0.25, -0.2) is 4.39 Å². The molecular formula is C21H23FN2OS. The number of piperidine rings is 1. The minimum absolute atomic E-state index is 0.0217. The first-order chi connectivity index (χ1) is 12.7. The number of hydrogen-bond acceptors (Lipinski definition) is 3. The zero-order valence-electron chi connectivity index (χ0n) is 14.7. The monoisotopic (exact) mass is 370 g/mol. The summed E-state index contributed by atoms with van der Waals surface area (Å²) < 4.78 is 13.0. The van der Waals surface area contributed by atoms with E-state index in [0.29, 0.717) is 6.04 Å². The number of hydrogen-bond donors (Lipinski definition) is 1. The number of halogens is 1. The number of thiophene rings is 1. The van der Waals surface area contributed by atoms with Crippen molar-refractivity contribution in [3.05, 3.63) is 53.2 Å². The van der Waals surface area contributed by atoms with Crippen LogP contribution in [-0.2, 0) is 4.79 Å². The van der Waals surface area contributed by atoms with E-state index in [9.17, 15) is 9.18 Å². The molecule has 2 fully saturated rings. The van der Waals surface area contributed by atoms with Gasteiger partial charge < -0.3 is 10.2 Å². The van der Waals surface area contributed by atoms with E-state index >= 15 is 0 Å². The molecule has 0 atom stereocenters. The molecule has 1 saturated heterocycles. The third kappa shape index (κ3) is 4.40. The Kier molecular flexibility index (Phi) is 5.18. The molecule has 1 saturated carbocycles. The fourth-order valence-corrected chi connectivity index (χ4v) is 4.38. The van der Waals surface area contributed by atoms with Gasteiger partial charge in [-0.3, -0.25) is 4.79 Å². The second-order valence-electron chi connectivity index (χ2n) is 7.09. The molecule has 3 nitrogen and oxygen atoms in total. The van der Waals surface area contributed by atoms with Crippen molar-refractivity contribution in [1.29, 1.82) is 0 Å². The first-order valence-corrected chi connectivity index (χ1v) is 10.1. The Morgan fingerprint density at radius 3 is 2.50 bits per heavy atom. The quantitative estimate of drug-likeness (QED) is 0.796. The number of rotatable bonds is 5. The van der Waals surface area contributed by atoms with Gasteiger partial charge in [-0.2, -0.15) is 0 Å². The highest BCUT2D eigenvalue weighted by molar-refractivity contribution is 7.16. The van der Waals surface area contributed by atoms with Crippen LogP contribution < -0.4 is 5.32 Å². The lowest BCUT2D eigenvalue weighted by molar-refractivity contribution is -0.117. The molecule has 26 heavy (non-hydrogen) atoms. The van der Waals surface area contributed by atoms with Crippen molar-refractivity contribution in [1.82, 2.24) is 10.2 Å². The van der Waals surface area contributed by atoms with Crippen LogP contribution in [0.2, 0.25) is 0 Å². The largest absolute Gasteiger partial charge is 0.350 e. The summed E-state index contributed by atoms with van der Waals surface area (Å²) in [5.74, 6) is -0.253. The molecular weight excluding hydrogens is 347 g/mol. The summed E-state index contributed by atoms with van der Waals surface area (Å²) in [4.78, 5) is 16.8. The summed E-state index contributed by atoms with van der Waals surface area (Å²) in [5, 5.41) is 3.12. The highest BCUT2D eigenvalue weighted by Crippen LogP contribution is 2.30. The molecule has 1 N–H and O–H groups in total. The van der Waals surface area contributed by atoms with Gasteiger partial charge in [-0.15, -0.1) is 11.3 Å². The van der Waals surface area contributed by atoms with Crippen LogP contribution in [0.5, 0.6) is 0 Å². The molecule has 1 aliphatic carbocycles. The first kappa shape index (κ1) is 17.4. The summed E-state index contributed by atoms with van der Waals surface area (Å²) >= 11 is 1.59. The van der Waals surface area contributed by atoms with Crippen molar-refractivity contribution in [2.75, 3.05) is 13.1 Å². The SMILES string of the molecule is O=C(/C=C/c1ccc(-c2ccc(F)cc2)s1)NC1CCN(C2CC2)CC1. The predicted molar refractivity (Wildman–Crippen MR) is 105 cm³/mol. The number of likely N-dealkylation sites (tertiary alicyclic amines) is 1. The Balaban J connectivity index is 1.29. The van der Waals surface area contributed by atoms with E-state index < -0.39 is 0 Å². The molecule has 0 bridgehead atoms. The van der Waals surface area contributed by atoms with Gasteiger partial charge in [-0.05, 0) is 61.6 Å². The van der Waals surface area contributed by atoms with Crippen molar-refractivity contribution in [2.24, 2.45) is 0 Å². The molecule has 2 aromatic rings. The van der Waals surface area contributed by atoms with Crippen LogP contribution in [-0.4, -0.2) is 36.0 Å². The average Bonchev–Trinajstić information content (AvgIpc) is 3.39. The molecule has 1 amide bonds. The van der Waals surface area contributed by atoms with Gasteiger partial charge in [0.2, 0.25) is 5.91 Å². The minimum atomic E-state index is -0.231. The number of carbonyl (C=O) groups excluding carboxylic acids is 1. The number of carbonyl (C=O) groups is 1. The number of amides is 1. The number of nitrogens with one attached hydrogen (secondary N) is 1. The molecule has 2 heterocycles. The standard InChI is InChI=1S/C21H23FN2OS/c22-16-3-1-15(2-4-16)20-9-7-19(26-20)8-10-21(25)23-17-11-13-24(14-12-17)18-5-6-18/h1-4,7-10,17-18H,5-6,11-14H2,(H,23,25)/b10-8+. The van der Waals surface area contributed by atoms with E-state index in [1.165, 1.54) is 25.0 Å². The van der Waals surface area contributed by atoms with Gasteiger partial charge in [0.25, 0.3) is 0 Å². The van der Waals surface area contributed by atoms with E-state index in [-0.39, 0.29) is 11.7 Å². The van der Waals surface area contributed by atoms with E-state index in [4.69, 9.17) is 0 Å². The fourth-order valence-electron chi connectivity index (χ4n) is 3.47. The molecule has 0 spiro atoms. The molecule has 1 aliphatic heterocycles. The van der Waals surface area contributed by atoms with Crippen molar-refractivity contribution in [2.45, 2.75) is 37.8 Å². The molecule has 2 aliphatic rings. The summed E-state index contributed by atoms with van der Waals surface area (Å²) in [6.07, 6.45) is 8.26. The highest BCUT2D eigenvalue weighted by atomic mass is 32.1. The van der Waals surface area contributed by atoms with Crippen molar-refractivity contribution in [3.63, 3.8) is 0 Å². The second kappa shape index (κ2) is 7.72. The van der Waals surface area contributed by atoms with Crippen molar-refractivity contribution >= 4 is 23.3 Å². The highest BCUT2D eigenvalue weighted by Gasteiger charge is 2.31. The maximum absolute atomic E-state index is 13.0. The predicted octanol–water partition coefficient (Wildman–Crippen LogP) is 4.31. The van der Waals surface area contributed by atoms with Crippen LogP contribution in [0.3, 0.4) is 0 Å². The van der Waals surface area contributed by atoms with Crippen LogP contribution in [0.1, 0.15) is 30.6 Å². The van der Waals surface area contributed by atoms with Crippen LogP contribution in [0.4, 0.5) is 4.39 Å². The Labute approximate surface area is 157 Å². The third-order valence-corrected chi connectivity index (χ3v) is 6.19. The lowest BCUT2D eigenvalue weighted by atomic mass is 10.0. The maximum Gasteiger partial charge on any atom is 0.244 e. The molecule has 0 radical (unpaired) electrons. The second-order valence-corrected chi connectivity index (χ2v) is 8.21. The zero-order chi connectivity index (χ0) is 17.9. The van der Waals surface area contributed by atoms with Gasteiger partial charge in [0.15, 0.2) is 0 Å². The Hall–Kier alpha value is -1.98. The molecule has 0 unspecified atom stereocenters. The van der Waals surface area contributed by atoms with E-state index in [2.05, 4.69) is 10.2 Å². The van der Waals surface area contributed by atoms with Gasteiger partial charge in [0.1, 0.15) is 5.82 Å². The average molecular weight is 370 g/mol. The van der Waals surface area contributed by atoms with Crippen LogP contribution in [0.15, 0.2) is 42.5 Å². The Morgan fingerprint density at radius 1 is 1.08 bits per heavy atom. The first-order valence-electron chi connectivity index (χ1n) is 9.26. The van der Waals surface area contributed by atoms with Gasteiger partial charge in [0.05, 0.1) is 0 Å². The summed E-state index contributed by atoms with van der Waals surface area (Å²) in [6.45, 7) is 2.20. The fraction of sp³-hybridized carbons (Fsp3) is 0.381. The summed E-state index contributed by atoms with van der Waals surface area (Å²) in [5.41, 5.74) is 0.989. The third-order valence-electron chi connectivity index (χ3n) is 5.09. The maximum atomic E-state index is 13.0. The normalized spacial score (nSPS) is 19.1. The van der Waals surface area contributed by atoms with Crippen LogP contribution in [0, 0.1) is 5.82 Å². The Morgan fingerprint density at radius 2 is 1.81 bits per heavy atom. The summed E-state index contributed by atoms with van der Waals surface area (Å²) in [6, 6.07) is 11.6. The van der Waals surface area contributed by atoms with E-state index in [1.54, 1.807) is 29.5 Å². The van der Waals surface area contributed by atoms with Gasteiger partial charge in [0, 0.05) is 41.0 Å². The molecule has 1 aromatic heterocycles. The smallest absolute Gasteiger partial charge is 0.244 e. The van der Waals surface area contributed by atoms with E-state index in [0.717, 1.165) is 47.3 Å². The molecule has 4 rings (SSSR count). The van der Waals surface area contributed by atoms with Crippen LogP contribution >= 0.6 is 11.3 Å². The van der Waals surface area contributed by atoms with Crippen molar-refractivity contribution < 1.29 is 9.18 Å². The van der Waals surface area contributed by atoms with E-state index in [1.807, 2.05) is 18.2 Å². The van der Waals surface area contributed by atoms with Gasteiger partial charge >= 0.3 is 0 Å². The Bertz CT molecular complexity index is 787. The lowest BCUT2D eigenvalue weighted by Gasteiger charge is -2.32. The molecule has 136 valence electrons.